The number of nitrogens with zero attached hydrogens (tertiary/aromatic N) is 6. The highest BCUT2D eigenvalue weighted by Gasteiger charge is 2.53. The van der Waals surface area contributed by atoms with Gasteiger partial charge >= 0.3 is 0 Å². The molecular weight excluding hydrogens is 1340 g/mol. The van der Waals surface area contributed by atoms with Gasteiger partial charge in [0.1, 0.15) is 11.6 Å². The van der Waals surface area contributed by atoms with E-state index >= 15 is 0 Å². The molecule has 4 aliphatic heterocycles. The van der Waals surface area contributed by atoms with Crippen LogP contribution in [0, 0.1) is 118 Å². The van der Waals surface area contributed by atoms with Gasteiger partial charge in [-0.1, -0.05) is 298 Å². The van der Waals surface area contributed by atoms with Gasteiger partial charge in [0.2, 0.25) is 0 Å². The molecule has 12 unspecified atom stereocenters. The Kier molecular flexibility index (Phi) is 37.2. The smallest absolute Gasteiger partial charge is 0.139 e. The van der Waals surface area contributed by atoms with Crippen LogP contribution in [0.2, 0.25) is 0 Å². The molecule has 12 atom stereocenters. The van der Waals surface area contributed by atoms with Crippen LogP contribution in [0.1, 0.15) is 326 Å². The number of rotatable bonds is 14. The molecule has 110 heavy (non-hydrogen) atoms. The summed E-state index contributed by atoms with van der Waals surface area (Å²) in [6, 6.07) is 35.4. The number of ketones is 2. The molecule has 8 nitrogen and oxygen atoms in total. The molecule has 4 heterocycles. The molecule has 0 amide bonds. The van der Waals surface area contributed by atoms with Crippen LogP contribution in [0.5, 0.6) is 0 Å². The molecule has 0 aromatic heterocycles. The standard InChI is InChI=1S/C23H31NO.C22H31N.C21H26N2O.C20H26N2.4C4H10/c1-16(2)22(25)14-18-10-12-19(13-11-18)23-21-9-7-5-4-6-8-20(21)17(3)15-24-23;1-16(2)14-18-10-12-19(13-11-18)22-21-9-7-5-4-6-8-20(21)17(3)15-23-22;1-12(2)18(24)10-14-4-6-15(7-5-14)21-20-17-9-8-16(11-17)19(20)13(3)22-23-21;1-12(2)10-14-4-6-15(7-5-14)20-19-17-9-8-16(11-17)18(19)13(3)21-22-20;4*1-4(2)3/h10-13,15-16,20-21H,4-9,14H2,1-3H3;10-13,15-16,20-21H,4-9,14H2,1-3H3;4-7,12,16-17,19-20H,8-11H2,1-3H3;4-7,12,16-19H,8-11H2,1-3H3;4*4H,1-3H3. The molecule has 0 saturated heterocycles. The van der Waals surface area contributed by atoms with Gasteiger partial charge in [0.15, 0.2) is 0 Å². The SMILES string of the molecule is CC(C)C.CC(C)C.CC(C)C.CC(C)C.CC1=CN=C(c2ccc(CC(=O)C(C)C)cc2)C2CCCCCCC12.CC1=CN=C(c2ccc(CC(C)C)cc2)C2CCCCCCC12.CC1=NN=C(c2ccc(CC(=O)C(C)C)cc2)C2C3CCC(C3)C12.CC1=NN=C(c2ccc(CC(C)C)cc2)C2C3CCC(C3)C12. The Balaban J connectivity index is 0.000000191. The lowest BCUT2D eigenvalue weighted by Crippen LogP contribution is -2.36. The largest absolute Gasteiger partial charge is 0.299 e. The van der Waals surface area contributed by atoms with E-state index in [9.17, 15) is 9.59 Å². The number of carbonyl (C=O) groups excluding carboxylic acids is 2. The van der Waals surface area contributed by atoms with E-state index < -0.39 is 0 Å². The Bertz CT molecular complexity index is 3700. The first-order chi connectivity index (χ1) is 52.3. The third-order valence-corrected chi connectivity index (χ3v) is 23.6. The van der Waals surface area contributed by atoms with Gasteiger partial charge in [-0.25, -0.2) is 0 Å². The third-order valence-electron chi connectivity index (χ3n) is 23.6. The van der Waals surface area contributed by atoms with Crippen molar-refractivity contribution in [1.29, 1.82) is 0 Å². The molecule has 8 heteroatoms. The maximum absolute atomic E-state index is 12.0. The number of allylic oxidation sites excluding steroid dienone is 2. The van der Waals surface area contributed by atoms with Gasteiger partial charge in [-0.15, -0.1) is 0 Å². The maximum atomic E-state index is 12.0. The average Bonchev–Trinajstić information content (AvgIpc) is 1.59. The molecule has 4 aromatic carbocycles. The fourth-order valence-electron chi connectivity index (χ4n) is 18.6. The molecule has 0 radical (unpaired) electrons. The van der Waals surface area contributed by atoms with E-state index in [0.717, 1.165) is 77.2 Å². The summed E-state index contributed by atoms with van der Waals surface area (Å²) in [6.07, 6.45) is 32.0. The zero-order chi connectivity index (χ0) is 80.5. The van der Waals surface area contributed by atoms with E-state index in [2.05, 4.69) is 268 Å². The lowest BCUT2D eigenvalue weighted by molar-refractivity contribution is -0.122. The van der Waals surface area contributed by atoms with Crippen LogP contribution >= 0.6 is 0 Å². The molecule has 4 aromatic rings. The lowest BCUT2D eigenvalue weighted by Gasteiger charge is -2.34. The quantitative estimate of drug-likeness (QED) is 0.125. The number of hydrogen-bond acceptors (Lipinski definition) is 8. The van der Waals surface area contributed by atoms with Crippen LogP contribution in [0.15, 0.2) is 151 Å². The van der Waals surface area contributed by atoms with E-state index in [-0.39, 0.29) is 11.8 Å². The van der Waals surface area contributed by atoms with Crippen molar-refractivity contribution < 1.29 is 9.59 Å². The van der Waals surface area contributed by atoms with Crippen molar-refractivity contribution in [3.05, 3.63) is 165 Å². The minimum absolute atomic E-state index is 0.0968. The topological polar surface area (TPSA) is 108 Å². The van der Waals surface area contributed by atoms with Gasteiger partial charge in [-0.3, -0.25) is 19.6 Å². The summed E-state index contributed by atoms with van der Waals surface area (Å²) in [6.45, 7) is 51.8. The van der Waals surface area contributed by atoms with E-state index in [0.29, 0.717) is 77.7 Å². The fourth-order valence-corrected chi connectivity index (χ4v) is 18.6. The van der Waals surface area contributed by atoms with E-state index in [4.69, 9.17) is 9.98 Å². The van der Waals surface area contributed by atoms with Gasteiger partial charge in [0.05, 0.1) is 22.8 Å². The number of fused-ring (bicyclic) bond motifs is 12. The van der Waals surface area contributed by atoms with Crippen LogP contribution in [0.25, 0.3) is 0 Å². The maximum Gasteiger partial charge on any atom is 0.139 e. The number of Topliss-reactive ketones (excluding diaryl/α,β-unsaturated/α-hetero) is 2. The Morgan fingerprint density at radius 2 is 0.564 bits per heavy atom. The molecule has 10 aliphatic rings. The molecule has 0 N–H and O–H groups in total. The minimum Gasteiger partial charge on any atom is -0.299 e. The highest BCUT2D eigenvalue weighted by atomic mass is 16.1. The normalized spacial score (nSPS) is 25.4. The summed E-state index contributed by atoms with van der Waals surface area (Å²) in [5, 5.41) is 18.3. The van der Waals surface area contributed by atoms with Crippen molar-refractivity contribution >= 4 is 45.8 Å². The van der Waals surface area contributed by atoms with Crippen molar-refractivity contribution in [1.82, 2.24) is 0 Å². The third kappa shape index (κ3) is 27.5. The Labute approximate surface area is 672 Å². The fraction of sp³-hybridized carbons (Fsp3) is 0.647. The summed E-state index contributed by atoms with van der Waals surface area (Å²) < 4.78 is 0. The van der Waals surface area contributed by atoms with Crippen molar-refractivity contribution in [2.75, 3.05) is 0 Å². The molecule has 6 fully saturated rings. The second-order valence-corrected chi connectivity index (χ2v) is 38.9. The molecular formula is C102H154N6O2. The Morgan fingerprint density at radius 1 is 0.309 bits per heavy atom. The first kappa shape index (κ1) is 90.9. The molecule has 604 valence electrons. The highest BCUT2D eigenvalue weighted by molar-refractivity contribution is 6.09. The highest BCUT2D eigenvalue weighted by Crippen LogP contribution is 2.56. The van der Waals surface area contributed by atoms with Crippen LogP contribution in [-0.2, 0) is 35.3 Å². The van der Waals surface area contributed by atoms with E-state index in [1.165, 1.54) is 194 Å². The van der Waals surface area contributed by atoms with Gasteiger partial charge in [-0.2, -0.15) is 20.4 Å². The van der Waals surface area contributed by atoms with Crippen LogP contribution in [0.3, 0.4) is 0 Å². The second kappa shape index (κ2) is 45.0. The number of benzene rings is 4. The summed E-state index contributed by atoms with van der Waals surface area (Å²) in [7, 11) is 0. The zero-order valence-electron chi connectivity index (χ0n) is 74.0. The molecule has 0 spiro atoms. The first-order valence-corrected chi connectivity index (χ1v) is 44.5. The van der Waals surface area contributed by atoms with Crippen LogP contribution in [-0.4, -0.2) is 45.8 Å². The predicted octanol–water partition coefficient (Wildman–Crippen LogP) is 27.6. The van der Waals surface area contributed by atoms with Crippen LogP contribution in [0.4, 0.5) is 0 Å². The van der Waals surface area contributed by atoms with Gasteiger partial charge in [0, 0.05) is 84.0 Å². The molecule has 4 bridgehead atoms. The number of carbonyl (C=O) groups is 2. The van der Waals surface area contributed by atoms with Gasteiger partial charge in [-0.05, 0) is 220 Å². The minimum atomic E-state index is 0.0968. The Morgan fingerprint density at radius 3 is 0.836 bits per heavy atom. The summed E-state index contributed by atoms with van der Waals surface area (Å²) >= 11 is 0. The van der Waals surface area contributed by atoms with E-state index in [1.54, 1.807) is 0 Å². The van der Waals surface area contributed by atoms with Gasteiger partial charge in [0.25, 0.3) is 0 Å². The molecule has 6 aliphatic carbocycles. The molecule has 6 saturated carbocycles. The van der Waals surface area contributed by atoms with E-state index in [1.807, 2.05) is 27.7 Å². The van der Waals surface area contributed by atoms with Crippen molar-refractivity contribution in [3.8, 4) is 0 Å². The summed E-state index contributed by atoms with van der Waals surface area (Å²) in [4.78, 5) is 33.6. The summed E-state index contributed by atoms with van der Waals surface area (Å²) in [5.41, 5.74) is 20.7. The summed E-state index contributed by atoms with van der Waals surface area (Å²) in [5.74, 6) is 13.9. The van der Waals surface area contributed by atoms with Gasteiger partial charge < -0.3 is 0 Å². The average molecular weight is 1500 g/mol. The monoisotopic (exact) mass is 1500 g/mol. The predicted molar refractivity (Wildman–Crippen MR) is 477 cm³/mol. The van der Waals surface area contributed by atoms with Crippen molar-refractivity contribution in [2.45, 2.75) is 307 Å². The Hall–Kier alpha value is -6.28. The van der Waals surface area contributed by atoms with Crippen molar-refractivity contribution in [3.63, 3.8) is 0 Å². The van der Waals surface area contributed by atoms with Crippen molar-refractivity contribution in [2.24, 2.45) is 149 Å². The second-order valence-electron chi connectivity index (χ2n) is 38.9. The lowest BCUT2D eigenvalue weighted by atomic mass is 9.72. The zero-order valence-corrected chi connectivity index (χ0v) is 74.0. The first-order valence-electron chi connectivity index (χ1n) is 44.5. The van der Waals surface area contributed by atoms with Crippen LogP contribution < -0.4 is 0 Å². The number of aliphatic imine (C=N–C) groups is 2. The number of hydrogen-bond donors (Lipinski definition) is 0. The molecule has 14 rings (SSSR count).